The van der Waals surface area contributed by atoms with Gasteiger partial charge in [-0.1, -0.05) is 60.1 Å². The number of carboxylic acid groups (broad SMARTS) is 1. The number of aliphatic carboxylic acids is 1. The first-order valence-electron chi connectivity index (χ1n) is 30.2. The Morgan fingerprint density at radius 2 is 1.12 bits per heavy atom. The van der Waals surface area contributed by atoms with Crippen LogP contribution in [0.1, 0.15) is 106 Å². The lowest BCUT2D eigenvalue weighted by molar-refractivity contribution is -0.399. The van der Waals surface area contributed by atoms with Crippen molar-refractivity contribution < 1.29 is 139 Å². The third kappa shape index (κ3) is 10.9. The minimum Gasteiger partial charge on any atom is -0.479 e. The number of carbonyl (C=O) groups is 2. The van der Waals surface area contributed by atoms with Gasteiger partial charge in [-0.3, -0.25) is 4.79 Å². The molecule has 0 aromatic carbocycles. The Hall–Kier alpha value is -2.28. The van der Waals surface area contributed by atoms with Crippen molar-refractivity contribution in [3.8, 4) is 0 Å². The highest BCUT2D eigenvalue weighted by Crippen LogP contribution is 2.76. The number of hydrogen-bond donors (Lipinski definition) is 16. The summed E-state index contributed by atoms with van der Waals surface area (Å²) in [6.45, 7) is 12.2. The lowest BCUT2D eigenvalue weighted by Crippen LogP contribution is -2.69. The van der Waals surface area contributed by atoms with Crippen LogP contribution in [-0.4, -0.2) is 274 Å². The summed E-state index contributed by atoms with van der Waals surface area (Å²) >= 11 is 0. The van der Waals surface area contributed by atoms with Gasteiger partial charge in [0.25, 0.3) is 0 Å². The number of hydrogen-bond acceptors (Lipinski definition) is 27. The third-order valence-corrected chi connectivity index (χ3v) is 22.7. The van der Waals surface area contributed by atoms with Crippen LogP contribution in [0.2, 0.25) is 0 Å². The summed E-state index contributed by atoms with van der Waals surface area (Å²) in [5, 5.41) is 174. The van der Waals surface area contributed by atoms with Gasteiger partial charge in [-0.15, -0.1) is 0 Å². The lowest BCUT2D eigenvalue weighted by atomic mass is 9.33. The highest BCUT2D eigenvalue weighted by molar-refractivity contribution is 5.80. The van der Waals surface area contributed by atoms with Crippen molar-refractivity contribution in [3.05, 3.63) is 11.6 Å². The van der Waals surface area contributed by atoms with Gasteiger partial charge in [0, 0.05) is 0 Å². The molecule has 28 nitrogen and oxygen atoms in total. The van der Waals surface area contributed by atoms with Crippen LogP contribution in [0.15, 0.2) is 11.6 Å². The van der Waals surface area contributed by atoms with Gasteiger partial charge in [0.05, 0.1) is 38.6 Å². The largest absolute Gasteiger partial charge is 0.479 e. The van der Waals surface area contributed by atoms with E-state index in [0.29, 0.717) is 44.9 Å². The van der Waals surface area contributed by atoms with Gasteiger partial charge >= 0.3 is 11.9 Å². The number of allylic oxidation sites excluding steroid dienone is 2. The second-order valence-corrected chi connectivity index (χ2v) is 28.3. The molecule has 0 bridgehead atoms. The predicted molar refractivity (Wildman–Crippen MR) is 285 cm³/mol. The van der Waals surface area contributed by atoms with Gasteiger partial charge in [0.2, 0.25) is 6.29 Å². The molecule has 5 heterocycles. The first-order chi connectivity index (χ1) is 40.2. The fourth-order valence-electron chi connectivity index (χ4n) is 17.5. The molecule has 0 aromatic heterocycles. The average Bonchev–Trinajstić information content (AvgIpc) is 0.680. The first-order valence-corrected chi connectivity index (χ1v) is 30.2. The van der Waals surface area contributed by atoms with Crippen LogP contribution in [0.4, 0.5) is 0 Å². The highest BCUT2D eigenvalue weighted by Gasteiger charge is 2.72. The number of fused-ring (bicyclic) bond motifs is 7. The van der Waals surface area contributed by atoms with E-state index in [9.17, 15) is 91.3 Å². The van der Waals surface area contributed by atoms with Gasteiger partial charge < -0.3 is 129 Å². The zero-order valence-corrected chi connectivity index (χ0v) is 49.5. The van der Waals surface area contributed by atoms with Crippen LogP contribution < -0.4 is 0 Å². The summed E-state index contributed by atoms with van der Waals surface area (Å²) in [6, 6.07) is 0. The molecular formula is C58H92O28. The lowest BCUT2D eigenvalue weighted by Gasteiger charge is -2.71. The molecule has 0 spiro atoms. The number of aliphatic hydroxyl groups is 15. The van der Waals surface area contributed by atoms with Crippen LogP contribution >= 0.6 is 0 Å². The summed E-state index contributed by atoms with van der Waals surface area (Å²) in [4.78, 5) is 28.0. The van der Waals surface area contributed by atoms with E-state index in [0.717, 1.165) is 5.57 Å². The van der Waals surface area contributed by atoms with Gasteiger partial charge in [-0.05, 0) is 103 Å². The third-order valence-electron chi connectivity index (χ3n) is 22.7. The minimum atomic E-state index is -2.22. The molecule has 5 saturated heterocycles. The van der Waals surface area contributed by atoms with E-state index in [2.05, 4.69) is 40.7 Å². The Morgan fingerprint density at radius 3 is 1.74 bits per heavy atom. The summed E-state index contributed by atoms with van der Waals surface area (Å²) < 4.78 is 60.1. The van der Waals surface area contributed by atoms with Crippen molar-refractivity contribution in [2.24, 2.45) is 50.2 Å². The molecule has 16 N–H and O–H groups in total. The molecule has 0 radical (unpaired) electrons. The van der Waals surface area contributed by atoms with Gasteiger partial charge in [-0.25, -0.2) is 4.79 Å². The molecule has 4 saturated carbocycles. The van der Waals surface area contributed by atoms with Crippen LogP contribution in [0.25, 0.3) is 0 Å². The molecule has 5 aliphatic heterocycles. The fourth-order valence-corrected chi connectivity index (χ4v) is 17.5. The Bertz CT molecular complexity index is 2450. The van der Waals surface area contributed by atoms with Crippen molar-refractivity contribution in [2.45, 2.75) is 260 Å². The fraction of sp³-hybridized carbons (Fsp3) is 0.931. The maximum Gasteiger partial charge on any atom is 0.335 e. The summed E-state index contributed by atoms with van der Waals surface area (Å²) in [6.07, 6.45) is -37.7. The number of ether oxygens (including phenoxy) is 10. The Balaban J connectivity index is 0.947. The highest BCUT2D eigenvalue weighted by atomic mass is 16.8. The Morgan fingerprint density at radius 1 is 0.547 bits per heavy atom. The number of rotatable bonds is 13. The quantitative estimate of drug-likeness (QED) is 0.0477. The molecular weight excluding hydrogens is 1140 g/mol. The van der Waals surface area contributed by atoms with Crippen LogP contribution in [-0.2, 0) is 57.0 Å². The van der Waals surface area contributed by atoms with Crippen LogP contribution in [0, 0.1) is 50.2 Å². The van der Waals surface area contributed by atoms with Crippen molar-refractivity contribution >= 4 is 11.9 Å². The number of aliphatic hydroxyl groups excluding tert-OH is 15. The first kappa shape index (κ1) is 66.6. The standard InChI is InChI=1S/C58H92O28/c1-53(2)14-15-58(52(76)86-49-40(72)37(69)35(67)27(19-60)80-49)23(16-53)22-8-9-29-55(5)12-11-31(54(3,4)28(55)10-13-56(29,6)57(22,7)17-30(58)63)81-51-45(85-48-39(71)36(68)34(66)26(18-59)79-48)42(41(73)43(83-51)46(74)75)82-50-44(33(65)25(62)21-78-50)84-47-38(70)32(64)24(61)20-77-47/h8,23-45,47-51,59-73H,9-21H2,1-7H3,(H,74,75)/t23-,24+,25-,26+,27+,28-,29+,30+,31-,32-,33-,34-,35+,36-,37-,38+,39+,40+,41-,42-,43-,44+,45+,47-,48-,49-,50-,51+,55-,56+,57+,58+/m0/s1. The van der Waals surface area contributed by atoms with E-state index in [1.807, 2.05) is 13.8 Å². The van der Waals surface area contributed by atoms with E-state index in [-0.39, 0.29) is 30.1 Å². The minimum absolute atomic E-state index is 0.0226. The average molecular weight is 1240 g/mol. The van der Waals surface area contributed by atoms with Gasteiger partial charge in [0.15, 0.2) is 31.3 Å². The smallest absolute Gasteiger partial charge is 0.335 e. The molecule has 28 heteroatoms. The van der Waals surface area contributed by atoms with E-state index in [4.69, 9.17) is 47.4 Å². The van der Waals surface area contributed by atoms with Crippen molar-refractivity contribution in [3.63, 3.8) is 0 Å². The maximum absolute atomic E-state index is 14.9. The summed E-state index contributed by atoms with van der Waals surface area (Å²) in [5.74, 6) is -3.17. The Kier molecular flexibility index (Phi) is 18.8. The molecule has 5 aliphatic carbocycles. The molecule has 9 fully saturated rings. The molecule has 0 aromatic rings. The number of carbonyl (C=O) groups excluding carboxylic acids is 1. The Labute approximate surface area is 497 Å². The van der Waals surface area contributed by atoms with Crippen LogP contribution in [0.5, 0.6) is 0 Å². The zero-order valence-electron chi connectivity index (χ0n) is 49.5. The van der Waals surface area contributed by atoms with E-state index in [1.54, 1.807) is 0 Å². The van der Waals surface area contributed by atoms with E-state index in [1.165, 1.54) is 0 Å². The van der Waals surface area contributed by atoms with Gasteiger partial charge in [0.1, 0.15) is 109 Å². The molecule has 32 atom stereocenters. The normalized spacial score (nSPS) is 53.6. The van der Waals surface area contributed by atoms with E-state index < -0.39 is 225 Å². The predicted octanol–water partition coefficient (Wildman–Crippen LogP) is -3.87. The van der Waals surface area contributed by atoms with E-state index >= 15 is 0 Å². The summed E-state index contributed by atoms with van der Waals surface area (Å²) in [5.41, 5.74) is -3.11. The topological polar surface area (TPSA) is 450 Å². The SMILES string of the molecule is CC1(C)CC[C@]2(C(=O)O[C@@H]3O[C@H](CO)[C@@H](O)[C@H](O)[C@H]3O)[C@H](O)C[C@]3(C)C(=CC[C@@H]4[C@@]5(C)CC[C@H](O[C@@H]6O[C@H](C(=O)O)[C@@H](O)[C@H](O[C@@H]7OC[C@H](O)[C@H](O)[C@H]7O[C@@H]7OC[C@@H](O)[C@H](O)[C@H]7O)[C@H]6O[C@@H]6O[C@H](CO)[C@H](O)[C@H](O)[C@H]6O)C(C)(C)[C@@H]5CC[C@]43C)[C@@H]2C1. The zero-order chi connectivity index (χ0) is 62.9. The second-order valence-electron chi connectivity index (χ2n) is 28.3. The maximum atomic E-state index is 14.9. The van der Waals surface area contributed by atoms with Crippen molar-refractivity contribution in [1.29, 1.82) is 0 Å². The van der Waals surface area contributed by atoms with Crippen molar-refractivity contribution in [1.82, 2.24) is 0 Å². The molecule has 86 heavy (non-hydrogen) atoms. The van der Waals surface area contributed by atoms with Gasteiger partial charge in [-0.2, -0.15) is 0 Å². The molecule has 10 rings (SSSR count). The van der Waals surface area contributed by atoms with Crippen molar-refractivity contribution in [2.75, 3.05) is 26.4 Å². The molecule has 0 unspecified atom stereocenters. The second kappa shape index (κ2) is 24.3. The summed E-state index contributed by atoms with van der Waals surface area (Å²) in [7, 11) is 0. The van der Waals surface area contributed by atoms with Crippen LogP contribution in [0.3, 0.4) is 0 Å². The molecule has 10 aliphatic rings. The molecule has 0 amide bonds. The number of esters is 1. The number of carboxylic acids is 1. The molecule has 492 valence electrons. The monoisotopic (exact) mass is 1240 g/mol.